The van der Waals surface area contributed by atoms with E-state index < -0.39 is 24.2 Å². The maximum absolute atomic E-state index is 12.3. The second-order valence-corrected chi connectivity index (χ2v) is 6.28. The van der Waals surface area contributed by atoms with E-state index in [1.807, 2.05) is 11.4 Å². The Bertz CT molecular complexity index is 978. The van der Waals surface area contributed by atoms with Crippen molar-refractivity contribution in [2.45, 2.75) is 25.6 Å². The number of aromatic amines is 1. The van der Waals surface area contributed by atoms with Gasteiger partial charge in [0.05, 0.1) is 0 Å². The zero-order chi connectivity index (χ0) is 19.7. The summed E-state index contributed by atoms with van der Waals surface area (Å²) in [5.41, 5.74) is -0.0248. The molecule has 1 amide bonds. The molecular weight excluding hydrogens is 363 g/mol. The third-order valence-electron chi connectivity index (χ3n) is 3.71. The van der Waals surface area contributed by atoms with E-state index in [-0.39, 0.29) is 8.80 Å². The maximum Gasteiger partial charge on any atom is 0.405 e. The lowest BCUT2D eigenvalue weighted by Crippen LogP contribution is -2.50. The average Bonchev–Trinajstić information content (AvgIpc) is 3.03. The molecule has 0 saturated carbocycles. The minimum absolute atomic E-state index is 0. The number of aromatic nitrogens is 5. The van der Waals surface area contributed by atoms with Crippen LogP contribution >= 0.6 is 0 Å². The highest BCUT2D eigenvalue weighted by atomic mass is 19.4. The smallest absolute Gasteiger partial charge is 0.345 e. The van der Waals surface area contributed by atoms with E-state index in [9.17, 15) is 18.0 Å². The molecule has 27 heavy (non-hydrogen) atoms. The summed E-state index contributed by atoms with van der Waals surface area (Å²) >= 11 is 0. The van der Waals surface area contributed by atoms with E-state index >= 15 is 0 Å². The third-order valence-corrected chi connectivity index (χ3v) is 3.71. The molecule has 3 aromatic rings. The summed E-state index contributed by atoms with van der Waals surface area (Å²) in [6.45, 7) is 1.44. The topological polar surface area (TPSA) is 108 Å². The van der Waals surface area contributed by atoms with Crippen molar-refractivity contribution in [3.63, 3.8) is 0 Å². The van der Waals surface area contributed by atoms with E-state index in [0.29, 0.717) is 17.0 Å². The molecule has 3 N–H and O–H groups in total. The van der Waals surface area contributed by atoms with Gasteiger partial charge >= 0.3 is 6.18 Å². The number of hydrogen-bond donors (Lipinski definition) is 3. The van der Waals surface area contributed by atoms with Gasteiger partial charge in [-0.25, -0.2) is 15.0 Å². The molecular formula is C16H20F3N7O. The van der Waals surface area contributed by atoms with Gasteiger partial charge in [0.25, 0.3) is 0 Å². The zero-order valence-corrected chi connectivity index (χ0v) is 14.4. The molecule has 0 fully saturated rings. The predicted molar refractivity (Wildman–Crippen MR) is 95.9 cm³/mol. The summed E-state index contributed by atoms with van der Waals surface area (Å²) in [6.07, 6.45) is 0.0993. The standard InChI is InChI=1S/C16H16F3N7O.2H2/c1-15(2,13(27)22-7-16(17,18)19)26-14-24-8-23-12(25-14)10-6-21-11-9(10)4-3-5-20-11;;/h3-6,8H,7H2,1-2H3,(H,20,21)(H,22,27)(H,23,24,25,26);2*1H. The summed E-state index contributed by atoms with van der Waals surface area (Å²) in [7, 11) is 0. The Morgan fingerprint density at radius 2 is 2.04 bits per heavy atom. The van der Waals surface area contributed by atoms with E-state index in [1.54, 1.807) is 18.5 Å². The van der Waals surface area contributed by atoms with Crippen LogP contribution in [0.2, 0.25) is 0 Å². The monoisotopic (exact) mass is 383 g/mol. The van der Waals surface area contributed by atoms with Crippen molar-refractivity contribution in [1.29, 1.82) is 0 Å². The van der Waals surface area contributed by atoms with Crippen LogP contribution in [0.4, 0.5) is 19.1 Å². The fourth-order valence-corrected chi connectivity index (χ4v) is 2.36. The van der Waals surface area contributed by atoms with Crippen LogP contribution in [0.25, 0.3) is 22.4 Å². The molecule has 0 bridgehead atoms. The van der Waals surface area contributed by atoms with E-state index in [1.165, 1.54) is 20.2 Å². The van der Waals surface area contributed by atoms with Crippen molar-refractivity contribution in [3.8, 4) is 11.4 Å². The summed E-state index contributed by atoms with van der Waals surface area (Å²) in [5.74, 6) is -0.443. The van der Waals surface area contributed by atoms with Crippen molar-refractivity contribution in [2.24, 2.45) is 0 Å². The molecule has 3 heterocycles. The van der Waals surface area contributed by atoms with Gasteiger partial charge in [0.1, 0.15) is 24.1 Å². The minimum Gasteiger partial charge on any atom is -0.345 e. The number of H-pyrrole nitrogens is 1. The summed E-state index contributed by atoms with van der Waals surface area (Å²) < 4.78 is 36.9. The highest BCUT2D eigenvalue weighted by Gasteiger charge is 2.33. The number of nitrogens with one attached hydrogen (secondary N) is 3. The van der Waals surface area contributed by atoms with Gasteiger partial charge in [0.15, 0.2) is 5.82 Å². The number of fused-ring (bicyclic) bond motifs is 1. The Kier molecular flexibility index (Phi) is 4.68. The molecule has 3 rings (SSSR count). The van der Waals surface area contributed by atoms with Crippen LogP contribution in [-0.2, 0) is 4.79 Å². The van der Waals surface area contributed by atoms with Gasteiger partial charge in [0.2, 0.25) is 11.9 Å². The van der Waals surface area contributed by atoms with Crippen molar-refractivity contribution >= 4 is 22.9 Å². The molecule has 3 aromatic heterocycles. The van der Waals surface area contributed by atoms with E-state index in [2.05, 4.69) is 30.2 Å². The number of hydrogen-bond acceptors (Lipinski definition) is 6. The second kappa shape index (κ2) is 6.82. The third kappa shape index (κ3) is 4.30. The molecule has 0 atom stereocenters. The molecule has 0 aliphatic carbocycles. The Balaban J connectivity index is 0.00000210. The SMILES string of the molecule is CC(C)(Nc1ncnc(-c2c[nH]c3ncccc23)n1)C(=O)NCC(F)(F)F.[HH].[HH]. The normalized spacial score (nSPS) is 12.2. The number of anilines is 1. The van der Waals surface area contributed by atoms with Gasteiger partial charge in [-0.2, -0.15) is 18.2 Å². The fourth-order valence-electron chi connectivity index (χ4n) is 2.36. The molecule has 0 aliphatic rings. The lowest BCUT2D eigenvalue weighted by atomic mass is 10.1. The lowest BCUT2D eigenvalue weighted by molar-refractivity contribution is -0.140. The van der Waals surface area contributed by atoms with Gasteiger partial charge in [0, 0.05) is 26.2 Å². The quantitative estimate of drug-likeness (QED) is 0.625. The molecule has 0 aromatic carbocycles. The van der Waals surface area contributed by atoms with Gasteiger partial charge in [-0.3, -0.25) is 4.79 Å². The number of alkyl halides is 3. The first kappa shape index (κ1) is 18.5. The average molecular weight is 383 g/mol. The minimum atomic E-state index is -4.49. The summed E-state index contributed by atoms with van der Waals surface area (Å²) in [6, 6.07) is 3.62. The Morgan fingerprint density at radius 3 is 2.78 bits per heavy atom. The highest BCUT2D eigenvalue weighted by Crippen LogP contribution is 2.25. The first-order valence-corrected chi connectivity index (χ1v) is 7.90. The van der Waals surface area contributed by atoms with E-state index in [4.69, 9.17) is 0 Å². The van der Waals surface area contributed by atoms with Gasteiger partial charge in [-0.05, 0) is 26.0 Å². The molecule has 0 spiro atoms. The van der Waals surface area contributed by atoms with Crippen LogP contribution in [0, 0.1) is 0 Å². The van der Waals surface area contributed by atoms with Crippen molar-refractivity contribution in [2.75, 3.05) is 11.9 Å². The Morgan fingerprint density at radius 1 is 1.26 bits per heavy atom. The van der Waals surface area contributed by atoms with E-state index in [0.717, 1.165) is 5.39 Å². The predicted octanol–water partition coefficient (Wildman–Crippen LogP) is 2.78. The van der Waals surface area contributed by atoms with Gasteiger partial charge < -0.3 is 15.6 Å². The van der Waals surface area contributed by atoms with Crippen LogP contribution in [0.15, 0.2) is 30.9 Å². The number of amides is 1. The number of nitrogens with zero attached hydrogens (tertiary/aromatic N) is 4. The lowest BCUT2D eigenvalue weighted by Gasteiger charge is -2.25. The Hall–Kier alpha value is -3.24. The van der Waals surface area contributed by atoms with Gasteiger partial charge in [-0.1, -0.05) is 0 Å². The molecule has 0 aliphatic heterocycles. The largest absolute Gasteiger partial charge is 0.405 e. The van der Waals surface area contributed by atoms with Crippen molar-refractivity contribution < 1.29 is 20.8 Å². The number of halogens is 3. The molecule has 0 unspecified atom stereocenters. The molecule has 11 heteroatoms. The van der Waals surface area contributed by atoms with Crippen molar-refractivity contribution in [1.82, 2.24) is 30.2 Å². The highest BCUT2D eigenvalue weighted by molar-refractivity contribution is 5.91. The second-order valence-electron chi connectivity index (χ2n) is 6.28. The zero-order valence-electron chi connectivity index (χ0n) is 14.4. The summed E-state index contributed by atoms with van der Waals surface area (Å²) in [5, 5.41) is 5.38. The molecule has 0 saturated heterocycles. The van der Waals surface area contributed by atoms with Gasteiger partial charge in [-0.15, -0.1) is 0 Å². The Labute approximate surface area is 154 Å². The first-order chi connectivity index (χ1) is 12.7. The van der Waals surface area contributed by atoms with Crippen LogP contribution in [-0.4, -0.2) is 49.1 Å². The first-order valence-electron chi connectivity index (χ1n) is 7.90. The number of rotatable bonds is 5. The van der Waals surface area contributed by atoms with Crippen LogP contribution in [0.1, 0.15) is 16.7 Å². The maximum atomic E-state index is 12.3. The molecule has 0 radical (unpaired) electrons. The van der Waals surface area contributed by atoms with Crippen molar-refractivity contribution in [3.05, 3.63) is 30.9 Å². The van der Waals surface area contributed by atoms with Crippen LogP contribution < -0.4 is 10.6 Å². The summed E-state index contributed by atoms with van der Waals surface area (Å²) in [4.78, 5) is 31.6. The molecule has 146 valence electrons. The molecule has 8 nitrogen and oxygen atoms in total. The number of carbonyl (C=O) groups excluding carboxylic acids is 1. The number of pyridine rings is 1. The van der Waals surface area contributed by atoms with Crippen LogP contribution in [0.5, 0.6) is 0 Å². The van der Waals surface area contributed by atoms with Crippen LogP contribution in [0.3, 0.4) is 0 Å². The fraction of sp³-hybridized carbons (Fsp3) is 0.312. The number of carbonyl (C=O) groups is 1.